The van der Waals surface area contributed by atoms with Crippen molar-refractivity contribution < 1.29 is 19.8 Å². The number of hydrogen-bond donors (Lipinski definition) is 3. The van der Waals surface area contributed by atoms with Crippen LogP contribution in [0.25, 0.3) is 0 Å². The molecule has 0 rings (SSSR count). The molecule has 158 valence electrons. The largest absolute Gasteiger partial charge is 0.479 e. The summed E-state index contributed by atoms with van der Waals surface area (Å²) in [5, 5.41) is 20.5. The van der Waals surface area contributed by atoms with Gasteiger partial charge in [0.2, 0.25) is 5.91 Å². The molecule has 0 spiro atoms. The van der Waals surface area contributed by atoms with E-state index in [2.05, 4.69) is 24.4 Å². The van der Waals surface area contributed by atoms with Crippen molar-refractivity contribution in [3.05, 3.63) is 12.2 Å². The predicted molar refractivity (Wildman–Crippen MR) is 111 cm³/mol. The Kier molecular flexibility index (Phi) is 15.9. The van der Waals surface area contributed by atoms with Gasteiger partial charge in [-0.2, -0.15) is 0 Å². The van der Waals surface area contributed by atoms with E-state index in [4.69, 9.17) is 10.2 Å². The molecule has 0 saturated heterocycles. The lowest BCUT2D eigenvalue weighted by Gasteiger charge is -2.23. The van der Waals surface area contributed by atoms with Crippen molar-refractivity contribution in [1.29, 1.82) is 0 Å². The standard InChI is InChI=1S/C22H41NO4/c1-3-4-5-6-7-8-9-10-11-12-13-14-15-16-17-18-20(25)23-22(2,19-24)21(26)27/h10-11,24H,3-9,12-19H2,1-2H3,(H,23,25)(H,26,27). The first-order chi connectivity index (χ1) is 13.0. The summed E-state index contributed by atoms with van der Waals surface area (Å²) in [6.45, 7) is 2.95. The van der Waals surface area contributed by atoms with E-state index in [9.17, 15) is 9.59 Å². The first kappa shape index (κ1) is 25.6. The number of carbonyl (C=O) groups excluding carboxylic acids is 1. The minimum absolute atomic E-state index is 0.307. The number of allylic oxidation sites excluding steroid dienone is 2. The maximum absolute atomic E-state index is 11.8. The Hall–Kier alpha value is -1.36. The average Bonchev–Trinajstić information content (AvgIpc) is 2.64. The third-order valence-corrected chi connectivity index (χ3v) is 4.87. The molecule has 1 amide bonds. The number of nitrogens with one attached hydrogen (secondary N) is 1. The van der Waals surface area contributed by atoms with Crippen molar-refractivity contribution in [2.24, 2.45) is 0 Å². The molecule has 0 heterocycles. The Morgan fingerprint density at radius 1 is 0.852 bits per heavy atom. The van der Waals surface area contributed by atoms with Crippen LogP contribution in [-0.2, 0) is 9.59 Å². The summed E-state index contributed by atoms with van der Waals surface area (Å²) in [5.41, 5.74) is -1.58. The molecule has 0 aliphatic heterocycles. The van der Waals surface area contributed by atoms with Crippen molar-refractivity contribution in [2.75, 3.05) is 6.61 Å². The highest BCUT2D eigenvalue weighted by Gasteiger charge is 2.33. The van der Waals surface area contributed by atoms with Crippen molar-refractivity contribution in [2.45, 2.75) is 109 Å². The van der Waals surface area contributed by atoms with Gasteiger partial charge in [0, 0.05) is 6.42 Å². The van der Waals surface area contributed by atoms with Crippen molar-refractivity contribution in [3.63, 3.8) is 0 Å². The Bertz CT molecular complexity index is 423. The molecule has 27 heavy (non-hydrogen) atoms. The number of carboxylic acids is 1. The zero-order chi connectivity index (χ0) is 20.4. The van der Waals surface area contributed by atoms with Crippen LogP contribution in [0, 0.1) is 0 Å². The number of aliphatic hydroxyl groups excluding tert-OH is 1. The van der Waals surface area contributed by atoms with Gasteiger partial charge in [-0.15, -0.1) is 0 Å². The van der Waals surface area contributed by atoms with E-state index in [-0.39, 0.29) is 5.91 Å². The van der Waals surface area contributed by atoms with E-state index in [0.717, 1.165) is 32.1 Å². The molecule has 0 aromatic heterocycles. The van der Waals surface area contributed by atoms with E-state index in [1.807, 2.05) is 0 Å². The number of aliphatic hydroxyl groups is 1. The van der Waals surface area contributed by atoms with Gasteiger partial charge in [-0.3, -0.25) is 4.79 Å². The lowest BCUT2D eigenvalue weighted by Crippen LogP contribution is -2.54. The number of amides is 1. The first-order valence-electron chi connectivity index (χ1n) is 10.8. The van der Waals surface area contributed by atoms with Crippen molar-refractivity contribution in [3.8, 4) is 0 Å². The molecule has 0 aromatic carbocycles. The van der Waals surface area contributed by atoms with Crippen LogP contribution in [-0.4, -0.2) is 34.2 Å². The highest BCUT2D eigenvalue weighted by atomic mass is 16.4. The zero-order valence-electron chi connectivity index (χ0n) is 17.5. The van der Waals surface area contributed by atoms with Gasteiger partial charge in [0.25, 0.3) is 0 Å². The second-order valence-corrected chi connectivity index (χ2v) is 7.68. The van der Waals surface area contributed by atoms with Gasteiger partial charge in [-0.1, -0.05) is 70.4 Å². The normalized spacial score (nSPS) is 13.6. The topological polar surface area (TPSA) is 86.6 Å². The second kappa shape index (κ2) is 16.8. The van der Waals surface area contributed by atoms with Crippen LogP contribution >= 0.6 is 0 Å². The maximum Gasteiger partial charge on any atom is 0.331 e. The van der Waals surface area contributed by atoms with Gasteiger partial charge < -0.3 is 15.5 Å². The smallest absolute Gasteiger partial charge is 0.331 e. The van der Waals surface area contributed by atoms with Crippen LogP contribution in [0.1, 0.15) is 104 Å². The molecule has 0 fully saturated rings. The van der Waals surface area contributed by atoms with E-state index < -0.39 is 18.1 Å². The van der Waals surface area contributed by atoms with Crippen molar-refractivity contribution >= 4 is 11.9 Å². The van der Waals surface area contributed by atoms with Gasteiger partial charge in [-0.05, 0) is 39.0 Å². The van der Waals surface area contributed by atoms with E-state index in [1.54, 1.807) is 0 Å². The number of hydrogen-bond acceptors (Lipinski definition) is 3. The van der Waals surface area contributed by atoms with Crippen LogP contribution in [0.15, 0.2) is 12.2 Å². The quantitative estimate of drug-likeness (QED) is 0.230. The summed E-state index contributed by atoms with van der Waals surface area (Å²) in [6, 6.07) is 0. The lowest BCUT2D eigenvalue weighted by atomic mass is 10.0. The molecule has 0 saturated carbocycles. The molecule has 0 aromatic rings. The fourth-order valence-corrected chi connectivity index (χ4v) is 2.89. The fraction of sp³-hybridized carbons (Fsp3) is 0.818. The third kappa shape index (κ3) is 14.4. The highest BCUT2D eigenvalue weighted by molar-refractivity contribution is 5.86. The molecule has 0 aliphatic carbocycles. The average molecular weight is 384 g/mol. The molecular formula is C22H41NO4. The number of aliphatic carboxylic acids is 1. The Labute approximate surface area is 165 Å². The number of carboxylic acid groups (broad SMARTS) is 1. The van der Waals surface area contributed by atoms with Crippen LogP contribution in [0.4, 0.5) is 0 Å². The van der Waals surface area contributed by atoms with Gasteiger partial charge in [0.1, 0.15) is 0 Å². The maximum atomic E-state index is 11.8. The van der Waals surface area contributed by atoms with E-state index in [1.165, 1.54) is 58.3 Å². The Morgan fingerprint density at radius 3 is 1.81 bits per heavy atom. The second-order valence-electron chi connectivity index (χ2n) is 7.68. The Balaban J connectivity index is 3.48. The molecule has 0 radical (unpaired) electrons. The number of unbranched alkanes of at least 4 members (excludes halogenated alkanes) is 11. The van der Waals surface area contributed by atoms with E-state index >= 15 is 0 Å². The Morgan fingerprint density at radius 2 is 1.33 bits per heavy atom. The summed E-state index contributed by atoms with van der Waals surface area (Å²) in [4.78, 5) is 22.8. The summed E-state index contributed by atoms with van der Waals surface area (Å²) in [6.07, 6.45) is 20.5. The van der Waals surface area contributed by atoms with Crippen molar-refractivity contribution in [1.82, 2.24) is 5.32 Å². The molecule has 5 nitrogen and oxygen atoms in total. The molecular weight excluding hydrogens is 342 g/mol. The number of rotatable bonds is 18. The molecule has 3 N–H and O–H groups in total. The molecule has 0 aliphatic rings. The van der Waals surface area contributed by atoms with Gasteiger partial charge in [0.05, 0.1) is 6.61 Å². The van der Waals surface area contributed by atoms with Gasteiger partial charge >= 0.3 is 5.97 Å². The molecule has 0 bridgehead atoms. The van der Waals surface area contributed by atoms with Gasteiger partial charge in [0.15, 0.2) is 5.54 Å². The van der Waals surface area contributed by atoms with Crippen LogP contribution < -0.4 is 5.32 Å². The zero-order valence-corrected chi connectivity index (χ0v) is 17.5. The molecule has 1 unspecified atom stereocenters. The highest BCUT2D eigenvalue weighted by Crippen LogP contribution is 2.10. The van der Waals surface area contributed by atoms with Crippen LogP contribution in [0.3, 0.4) is 0 Å². The summed E-state index contributed by atoms with van der Waals surface area (Å²) in [5.74, 6) is -1.53. The van der Waals surface area contributed by atoms with Gasteiger partial charge in [-0.25, -0.2) is 4.79 Å². The molecule has 5 heteroatoms. The third-order valence-electron chi connectivity index (χ3n) is 4.87. The monoisotopic (exact) mass is 383 g/mol. The SMILES string of the molecule is CCCCCCCCC=CCCCCCCCC(=O)NC(C)(CO)C(=O)O. The predicted octanol–water partition coefficient (Wildman–Crippen LogP) is 4.98. The minimum Gasteiger partial charge on any atom is -0.479 e. The summed E-state index contributed by atoms with van der Waals surface area (Å²) in [7, 11) is 0. The van der Waals surface area contributed by atoms with Crippen LogP contribution in [0.5, 0.6) is 0 Å². The summed E-state index contributed by atoms with van der Waals surface area (Å²) >= 11 is 0. The van der Waals surface area contributed by atoms with Crippen LogP contribution in [0.2, 0.25) is 0 Å². The first-order valence-corrected chi connectivity index (χ1v) is 10.8. The summed E-state index contributed by atoms with van der Waals surface area (Å²) < 4.78 is 0. The fourth-order valence-electron chi connectivity index (χ4n) is 2.89. The molecule has 1 atom stereocenters. The minimum atomic E-state index is -1.58. The number of carbonyl (C=O) groups is 2. The van der Waals surface area contributed by atoms with E-state index in [0.29, 0.717) is 6.42 Å². The lowest BCUT2D eigenvalue weighted by molar-refractivity contribution is -0.148.